The van der Waals surface area contributed by atoms with Crippen molar-refractivity contribution >= 4 is 34.2 Å². The van der Waals surface area contributed by atoms with Crippen LogP contribution in [0, 0.1) is 0 Å². The largest absolute Gasteiger partial charge is 0.444 e. The molecule has 0 saturated heterocycles. The lowest BCUT2D eigenvalue weighted by atomic mass is 10.2. The minimum Gasteiger partial charge on any atom is -0.444 e. The Labute approximate surface area is 158 Å². The first-order valence-corrected chi connectivity index (χ1v) is 8.57. The first-order valence-electron chi connectivity index (χ1n) is 7.77. The lowest BCUT2D eigenvalue weighted by molar-refractivity contribution is -0.178. The number of halogens is 1. The highest BCUT2D eigenvalue weighted by Crippen LogP contribution is 2.13. The van der Waals surface area contributed by atoms with Crippen molar-refractivity contribution in [3.63, 3.8) is 0 Å². The number of rotatable bonds is 10. The quantitative estimate of drug-likeness (QED) is 0.344. The Bertz CT molecular complexity index is 735. The normalized spacial score (nSPS) is 10.2. The van der Waals surface area contributed by atoms with E-state index in [0.29, 0.717) is 11.1 Å². The van der Waals surface area contributed by atoms with Crippen LogP contribution in [0.25, 0.3) is 0 Å². The fourth-order valence-electron chi connectivity index (χ4n) is 1.93. The standard InChI is InChI=1S/C17H18BrN3O5/c18-15-7-6-14(26-15)17(24)20-11-19-16(23)8-9-21(12-22)25-10-13-4-2-1-3-5-13/h1-7,12H,8-11H2,(H,19,23)(H,20,24). The molecular formula is C17H18BrN3O5. The van der Waals surface area contributed by atoms with E-state index in [0.717, 1.165) is 10.6 Å². The Kier molecular flexibility index (Phi) is 7.84. The number of carbonyl (C=O) groups excluding carboxylic acids is 3. The number of amides is 3. The fraction of sp³-hybridized carbons (Fsp3) is 0.235. The Morgan fingerprint density at radius 2 is 1.92 bits per heavy atom. The van der Waals surface area contributed by atoms with Gasteiger partial charge in [-0.15, -0.1) is 0 Å². The average molecular weight is 424 g/mol. The zero-order valence-corrected chi connectivity index (χ0v) is 15.4. The molecule has 1 aromatic heterocycles. The number of nitrogens with zero attached hydrogens (tertiary/aromatic N) is 1. The minimum atomic E-state index is -0.447. The van der Waals surface area contributed by atoms with Crippen LogP contribution in [-0.2, 0) is 21.0 Å². The van der Waals surface area contributed by atoms with Crippen molar-refractivity contribution in [2.75, 3.05) is 13.2 Å². The predicted molar refractivity (Wildman–Crippen MR) is 95.5 cm³/mol. The summed E-state index contributed by atoms with van der Waals surface area (Å²) in [7, 11) is 0. The predicted octanol–water partition coefficient (Wildman–Crippen LogP) is 1.83. The van der Waals surface area contributed by atoms with E-state index in [-0.39, 0.29) is 37.9 Å². The fourth-order valence-corrected chi connectivity index (χ4v) is 2.23. The van der Waals surface area contributed by atoms with Crippen molar-refractivity contribution in [1.82, 2.24) is 15.7 Å². The summed E-state index contributed by atoms with van der Waals surface area (Å²) < 4.78 is 5.53. The topological polar surface area (TPSA) is 101 Å². The number of hydrogen-bond donors (Lipinski definition) is 2. The van der Waals surface area contributed by atoms with Crippen molar-refractivity contribution in [3.8, 4) is 0 Å². The van der Waals surface area contributed by atoms with E-state index in [9.17, 15) is 14.4 Å². The van der Waals surface area contributed by atoms with Crippen molar-refractivity contribution in [2.45, 2.75) is 13.0 Å². The van der Waals surface area contributed by atoms with Gasteiger partial charge in [-0.05, 0) is 33.6 Å². The van der Waals surface area contributed by atoms with E-state index >= 15 is 0 Å². The third-order valence-electron chi connectivity index (χ3n) is 3.25. The van der Waals surface area contributed by atoms with Crippen molar-refractivity contribution in [2.24, 2.45) is 0 Å². The Hall–Kier alpha value is -2.65. The summed E-state index contributed by atoms with van der Waals surface area (Å²) in [6.45, 7) is 0.277. The van der Waals surface area contributed by atoms with E-state index in [2.05, 4.69) is 26.6 Å². The summed E-state index contributed by atoms with van der Waals surface area (Å²) in [4.78, 5) is 39.8. The Balaban J connectivity index is 1.63. The van der Waals surface area contributed by atoms with Gasteiger partial charge in [0.15, 0.2) is 10.4 Å². The van der Waals surface area contributed by atoms with Gasteiger partial charge >= 0.3 is 0 Å². The van der Waals surface area contributed by atoms with E-state index in [1.807, 2.05) is 30.3 Å². The highest BCUT2D eigenvalue weighted by atomic mass is 79.9. The summed E-state index contributed by atoms with van der Waals surface area (Å²) in [5.41, 5.74) is 0.913. The van der Waals surface area contributed by atoms with Crippen LogP contribution in [0.5, 0.6) is 0 Å². The summed E-state index contributed by atoms with van der Waals surface area (Å²) in [6, 6.07) is 12.5. The number of nitrogens with one attached hydrogen (secondary N) is 2. The monoisotopic (exact) mass is 423 g/mol. The highest BCUT2D eigenvalue weighted by Gasteiger charge is 2.11. The Morgan fingerprint density at radius 3 is 2.58 bits per heavy atom. The van der Waals surface area contributed by atoms with Crippen molar-refractivity contribution in [3.05, 3.63) is 58.5 Å². The van der Waals surface area contributed by atoms with Crippen LogP contribution in [-0.4, -0.2) is 36.5 Å². The Morgan fingerprint density at radius 1 is 1.15 bits per heavy atom. The van der Waals surface area contributed by atoms with Crippen LogP contribution in [0.2, 0.25) is 0 Å². The van der Waals surface area contributed by atoms with Crippen molar-refractivity contribution < 1.29 is 23.6 Å². The summed E-state index contributed by atoms with van der Waals surface area (Å²) in [5, 5.41) is 6.07. The molecule has 2 aromatic rings. The third kappa shape index (κ3) is 6.69. The lowest BCUT2D eigenvalue weighted by Gasteiger charge is -2.16. The lowest BCUT2D eigenvalue weighted by Crippen LogP contribution is -2.38. The van der Waals surface area contributed by atoms with Gasteiger partial charge in [-0.3, -0.25) is 19.2 Å². The maximum Gasteiger partial charge on any atom is 0.288 e. The molecule has 1 heterocycles. The second kappa shape index (κ2) is 10.4. The molecule has 2 rings (SSSR count). The molecule has 0 spiro atoms. The molecule has 0 aliphatic carbocycles. The van der Waals surface area contributed by atoms with E-state index < -0.39 is 5.91 Å². The van der Waals surface area contributed by atoms with Gasteiger partial charge in [0.2, 0.25) is 12.3 Å². The molecule has 0 bridgehead atoms. The first-order chi connectivity index (χ1) is 12.6. The zero-order chi connectivity index (χ0) is 18.8. The third-order valence-corrected chi connectivity index (χ3v) is 3.67. The molecule has 0 saturated carbocycles. The minimum absolute atomic E-state index is 0.0374. The molecular weight excluding hydrogens is 406 g/mol. The van der Waals surface area contributed by atoms with Gasteiger partial charge in [0, 0.05) is 6.42 Å². The molecule has 2 N–H and O–H groups in total. The van der Waals surface area contributed by atoms with Crippen LogP contribution in [0.1, 0.15) is 22.5 Å². The molecule has 1 aromatic carbocycles. The van der Waals surface area contributed by atoms with E-state index in [1.165, 1.54) is 6.07 Å². The molecule has 0 aliphatic rings. The maximum absolute atomic E-state index is 11.8. The van der Waals surface area contributed by atoms with Gasteiger partial charge in [-0.1, -0.05) is 30.3 Å². The van der Waals surface area contributed by atoms with E-state index in [1.54, 1.807) is 6.07 Å². The molecule has 26 heavy (non-hydrogen) atoms. The average Bonchev–Trinajstić information content (AvgIpc) is 3.09. The van der Waals surface area contributed by atoms with Gasteiger partial charge in [0.1, 0.15) is 6.61 Å². The van der Waals surface area contributed by atoms with Crippen molar-refractivity contribution in [1.29, 1.82) is 0 Å². The van der Waals surface area contributed by atoms with Crippen LogP contribution < -0.4 is 10.6 Å². The molecule has 0 atom stereocenters. The number of hydrogen-bond acceptors (Lipinski definition) is 5. The molecule has 0 aliphatic heterocycles. The van der Waals surface area contributed by atoms with E-state index in [4.69, 9.17) is 9.25 Å². The van der Waals surface area contributed by atoms with Crippen LogP contribution in [0.3, 0.4) is 0 Å². The van der Waals surface area contributed by atoms with Gasteiger partial charge in [0.25, 0.3) is 5.91 Å². The summed E-state index contributed by atoms with van der Waals surface area (Å²) in [6.07, 6.45) is 0.558. The SMILES string of the molecule is O=CN(CCC(=O)NCNC(=O)c1ccc(Br)o1)OCc1ccccc1. The molecule has 0 fully saturated rings. The van der Waals surface area contributed by atoms with Crippen LogP contribution in [0.4, 0.5) is 0 Å². The van der Waals surface area contributed by atoms with Gasteiger partial charge in [-0.2, -0.15) is 0 Å². The molecule has 3 amide bonds. The number of hydroxylamine groups is 2. The number of furan rings is 1. The molecule has 8 nitrogen and oxygen atoms in total. The number of carbonyl (C=O) groups is 3. The molecule has 138 valence electrons. The van der Waals surface area contributed by atoms with Gasteiger partial charge in [-0.25, -0.2) is 5.06 Å². The second-order valence-electron chi connectivity index (χ2n) is 5.14. The summed E-state index contributed by atoms with van der Waals surface area (Å²) >= 11 is 3.10. The highest BCUT2D eigenvalue weighted by molar-refractivity contribution is 9.10. The second-order valence-corrected chi connectivity index (χ2v) is 5.92. The van der Waals surface area contributed by atoms with Crippen LogP contribution >= 0.6 is 15.9 Å². The molecule has 0 unspecified atom stereocenters. The van der Waals surface area contributed by atoms with Crippen LogP contribution in [0.15, 0.2) is 51.6 Å². The van der Waals surface area contributed by atoms with Gasteiger partial charge < -0.3 is 15.1 Å². The maximum atomic E-state index is 11.8. The molecule has 9 heteroatoms. The smallest absolute Gasteiger partial charge is 0.288 e. The number of benzene rings is 1. The first kappa shape index (κ1) is 19.7. The van der Waals surface area contributed by atoms with Gasteiger partial charge in [0.05, 0.1) is 13.2 Å². The molecule has 0 radical (unpaired) electrons. The zero-order valence-electron chi connectivity index (χ0n) is 13.8. The summed E-state index contributed by atoms with van der Waals surface area (Å²) in [5.74, 6) is -0.648.